The molecule has 654 valence electrons. The molecule has 0 radical (unpaired) electrons. The Labute approximate surface area is 735 Å². The van der Waals surface area contributed by atoms with E-state index >= 15 is 0 Å². The van der Waals surface area contributed by atoms with Gasteiger partial charge in [-0.2, -0.15) is 0 Å². The van der Waals surface area contributed by atoms with Crippen molar-refractivity contribution in [3.63, 3.8) is 0 Å². The Bertz CT molecular complexity index is 2690. The standard InChI is InChI=1S/C86H156N4O20P2.2Na.2H/c1-7-13-19-25-28-31-34-40-46-52-80(110-84(96)54-48-42-36-33-30-27-21-15-9-3)68-82(94)90-76(70-104-64-60-78(92)50-44-38-23-17-11-5)72-108-112(101,102)106-66-62-88-86(98)74-57-55-73(56-58-74)85(97)87-61-65-105-111(99,100)107-71-75(69-103-63-59-77(91)49-43-37-22-16-10-4)89-81(93)67-79(51-45-39-24-18-12-6)109-83(95)53-47-41-35-32-29-26-20-14-8-2;;;;/h32-33,35-36,55-58,75-80,91-92H,7-31,34,37-54,59-72H2,1-6H3,(H,87,97)(H,88,98)(H,89,93)(H,90,94)(H,99,100)(H,101,102);;;;/q;2*+1;2*-1/b35-32+,36-33+;;;;/t75?,76?,77-,78-,79-,80-;;;;/m1..../s1. The van der Waals surface area contributed by atoms with Crippen LogP contribution in [0.4, 0.5) is 0 Å². The first-order chi connectivity index (χ1) is 54.2. The van der Waals surface area contributed by atoms with Gasteiger partial charge in [-0.3, -0.25) is 46.9 Å². The summed E-state index contributed by atoms with van der Waals surface area (Å²) in [6.45, 7) is 10.7. The van der Waals surface area contributed by atoms with E-state index in [1.165, 1.54) is 94.9 Å². The molecule has 24 nitrogen and oxygen atoms in total. The number of amides is 4. The van der Waals surface area contributed by atoms with Gasteiger partial charge in [0.15, 0.2) is 0 Å². The Morgan fingerprint density at radius 2 is 0.667 bits per heavy atom. The number of benzene rings is 1. The first kappa shape index (κ1) is 114. The second kappa shape index (κ2) is 79.1. The molecule has 8 atom stereocenters. The van der Waals surface area contributed by atoms with Crippen molar-refractivity contribution in [2.24, 2.45) is 0 Å². The van der Waals surface area contributed by atoms with E-state index < -0.39 is 102 Å². The summed E-state index contributed by atoms with van der Waals surface area (Å²) in [6, 6.07) is 3.67. The third-order valence-corrected chi connectivity index (χ3v) is 21.3. The van der Waals surface area contributed by atoms with Gasteiger partial charge in [0.25, 0.3) is 11.8 Å². The number of hydrogen-bond acceptors (Lipinski definition) is 18. The summed E-state index contributed by atoms with van der Waals surface area (Å²) in [6.07, 6.45) is 48.8. The Morgan fingerprint density at radius 3 is 0.991 bits per heavy atom. The van der Waals surface area contributed by atoms with Gasteiger partial charge in [0.1, 0.15) is 12.2 Å². The molecule has 0 saturated carbocycles. The number of carbonyl (C=O) groups is 6. The number of phosphoric ester groups is 2. The van der Waals surface area contributed by atoms with Crippen LogP contribution >= 0.6 is 15.6 Å². The molecule has 28 heteroatoms. The minimum absolute atomic E-state index is 0. The monoisotopic (exact) mass is 1680 g/mol. The van der Waals surface area contributed by atoms with Crippen LogP contribution in [0.15, 0.2) is 48.6 Å². The van der Waals surface area contributed by atoms with Gasteiger partial charge >= 0.3 is 86.7 Å². The number of unbranched alkanes of at least 4 members (excludes halogenated alkanes) is 30. The maximum atomic E-state index is 13.8. The SMILES string of the molecule is CCCCCC/C=C/CCCC(=O)O[C@H](CCCCCCC)CC(=O)NC(COCC[C@H](O)CCCCCCC)COP(=O)(O)OCCNC(=O)c1ccc(C(=O)NCCOP(=O)(O)OCC(COCC[C@H](O)CCCCCCC)NC(=O)C[C@@H](CCCCCCCCCCC)OC(=O)CCC/C=C/CCCCCC)cc1.[H-].[H-].[Na+].[Na+]. The Balaban J connectivity index is -0.0000157. The van der Waals surface area contributed by atoms with E-state index in [0.29, 0.717) is 51.4 Å². The fourth-order valence-corrected chi connectivity index (χ4v) is 14.1. The zero-order valence-corrected chi connectivity index (χ0v) is 78.1. The smallest absolute Gasteiger partial charge is 1.00 e. The van der Waals surface area contributed by atoms with Crippen molar-refractivity contribution >= 4 is 51.2 Å². The van der Waals surface area contributed by atoms with E-state index in [1.807, 2.05) is 0 Å². The summed E-state index contributed by atoms with van der Waals surface area (Å²) in [5.41, 5.74) is 0.288. The van der Waals surface area contributed by atoms with E-state index in [9.17, 15) is 57.9 Å². The van der Waals surface area contributed by atoms with Crippen LogP contribution in [-0.2, 0) is 65.4 Å². The number of rotatable bonds is 80. The molecule has 0 bridgehead atoms. The quantitative estimate of drug-likeness (QED) is 0.00987. The number of aliphatic hydroxyl groups is 2. The van der Waals surface area contributed by atoms with E-state index in [0.717, 1.165) is 161 Å². The minimum Gasteiger partial charge on any atom is -1.00 e. The number of carbonyl (C=O) groups excluding carboxylic acids is 6. The molecule has 4 amide bonds. The first-order valence-electron chi connectivity index (χ1n) is 43.9. The van der Waals surface area contributed by atoms with E-state index in [2.05, 4.69) is 87.1 Å². The van der Waals surface area contributed by atoms with Crippen LogP contribution in [-0.4, -0.2) is 158 Å². The molecular formula is C86H158N4Na2O20P2. The molecule has 0 aliphatic heterocycles. The van der Waals surface area contributed by atoms with Gasteiger partial charge in [0, 0.05) is 50.3 Å². The minimum atomic E-state index is -4.78. The summed E-state index contributed by atoms with van der Waals surface area (Å²) >= 11 is 0. The topological polar surface area (TPSA) is 339 Å². The van der Waals surface area contributed by atoms with Crippen molar-refractivity contribution in [1.82, 2.24) is 21.3 Å². The van der Waals surface area contributed by atoms with Crippen LogP contribution < -0.4 is 80.4 Å². The van der Waals surface area contributed by atoms with Crippen molar-refractivity contribution in [3.8, 4) is 0 Å². The predicted molar refractivity (Wildman–Crippen MR) is 448 cm³/mol. The normalized spacial score (nSPS) is 14.2. The van der Waals surface area contributed by atoms with Crippen molar-refractivity contribution in [3.05, 3.63) is 59.7 Å². The second-order valence-electron chi connectivity index (χ2n) is 30.1. The summed E-state index contributed by atoms with van der Waals surface area (Å²) in [4.78, 5) is 102. The zero-order valence-electron chi connectivity index (χ0n) is 74.3. The molecule has 0 aliphatic rings. The molecule has 0 fully saturated rings. The number of hydrogen-bond donors (Lipinski definition) is 8. The van der Waals surface area contributed by atoms with Gasteiger partial charge in [0.05, 0.1) is 76.8 Å². The maximum absolute atomic E-state index is 13.8. The molecule has 0 spiro atoms. The zero-order chi connectivity index (χ0) is 82.2. The van der Waals surface area contributed by atoms with Gasteiger partial charge in [-0.05, 0) is 127 Å². The van der Waals surface area contributed by atoms with Crippen LogP contribution in [0.1, 0.15) is 373 Å². The van der Waals surface area contributed by atoms with Gasteiger partial charge in [-0.15, -0.1) is 0 Å². The Hall–Kier alpha value is -2.42. The molecule has 0 aliphatic carbocycles. The molecule has 0 aromatic heterocycles. The van der Waals surface area contributed by atoms with E-state index in [1.54, 1.807) is 0 Å². The molecule has 1 aromatic rings. The fourth-order valence-electron chi connectivity index (χ4n) is 12.6. The molecule has 1 aromatic carbocycles. The molecule has 8 N–H and O–H groups in total. The van der Waals surface area contributed by atoms with E-state index in [4.69, 9.17) is 37.0 Å². The fraction of sp³-hybridized carbons (Fsp3) is 0.814. The maximum Gasteiger partial charge on any atom is 1.00 e. The summed E-state index contributed by atoms with van der Waals surface area (Å²) in [5, 5.41) is 32.1. The first-order valence-corrected chi connectivity index (χ1v) is 46.9. The Kier molecular flexibility index (Phi) is 78.8. The van der Waals surface area contributed by atoms with Crippen LogP contribution in [0.25, 0.3) is 0 Å². The second-order valence-corrected chi connectivity index (χ2v) is 33.0. The third-order valence-electron chi connectivity index (χ3n) is 19.4. The van der Waals surface area contributed by atoms with Crippen molar-refractivity contribution < 1.29 is 157 Å². The summed E-state index contributed by atoms with van der Waals surface area (Å²) < 4.78 is 71.2. The third kappa shape index (κ3) is 70.3. The van der Waals surface area contributed by atoms with Gasteiger partial charge < -0.3 is 63.1 Å². The predicted octanol–water partition coefficient (Wildman–Crippen LogP) is 13.2. The number of phosphoric acid groups is 2. The number of ether oxygens (including phenoxy) is 4. The molecule has 0 heterocycles. The van der Waals surface area contributed by atoms with Crippen molar-refractivity contribution in [1.29, 1.82) is 0 Å². The average molecular weight is 1680 g/mol. The average Bonchev–Trinajstić information content (AvgIpc) is 0.883. The van der Waals surface area contributed by atoms with Gasteiger partial charge in [-0.1, -0.05) is 246 Å². The summed E-state index contributed by atoms with van der Waals surface area (Å²) in [5.74, 6) is -2.87. The van der Waals surface area contributed by atoms with Crippen LogP contribution in [0, 0.1) is 0 Å². The van der Waals surface area contributed by atoms with Gasteiger partial charge in [-0.25, -0.2) is 9.13 Å². The van der Waals surface area contributed by atoms with E-state index in [-0.39, 0.29) is 150 Å². The molecule has 4 unspecified atom stereocenters. The van der Waals surface area contributed by atoms with Crippen LogP contribution in [0.3, 0.4) is 0 Å². The molecular weight excluding hydrogens is 1520 g/mol. The van der Waals surface area contributed by atoms with Crippen LogP contribution in [0.2, 0.25) is 0 Å². The number of aliphatic hydroxyl groups excluding tert-OH is 2. The molecule has 114 heavy (non-hydrogen) atoms. The van der Waals surface area contributed by atoms with Gasteiger partial charge in [0.2, 0.25) is 11.8 Å². The van der Waals surface area contributed by atoms with Crippen molar-refractivity contribution in [2.45, 2.75) is 386 Å². The number of esters is 2. The molecule has 0 saturated heterocycles. The number of allylic oxidation sites excluding steroid dienone is 4. The van der Waals surface area contributed by atoms with Crippen LogP contribution in [0.5, 0.6) is 0 Å². The summed E-state index contributed by atoms with van der Waals surface area (Å²) in [7, 11) is -9.56. The Morgan fingerprint density at radius 1 is 0.377 bits per heavy atom. The molecule has 1 rings (SSSR count). The van der Waals surface area contributed by atoms with Crippen molar-refractivity contribution in [2.75, 3.05) is 65.9 Å². The number of nitrogens with one attached hydrogen (secondary N) is 4. The largest absolute Gasteiger partial charge is 1.00 e.